The van der Waals surface area contributed by atoms with E-state index in [-0.39, 0.29) is 18.0 Å². The molecule has 2 aromatic carbocycles. The maximum Gasteiger partial charge on any atom is 0.495 e. The van der Waals surface area contributed by atoms with E-state index < -0.39 is 51.5 Å². The van der Waals surface area contributed by atoms with Gasteiger partial charge in [0.15, 0.2) is 21.6 Å². The van der Waals surface area contributed by atoms with Gasteiger partial charge in [0.25, 0.3) is 0 Å². The van der Waals surface area contributed by atoms with Gasteiger partial charge in [0.05, 0.1) is 17.0 Å². The largest absolute Gasteiger partial charge is 0.495 e. The molecule has 11 heteroatoms. The van der Waals surface area contributed by atoms with Crippen LogP contribution in [0.4, 0.5) is 9.18 Å². The van der Waals surface area contributed by atoms with Gasteiger partial charge in [0, 0.05) is 16.7 Å². The first kappa shape index (κ1) is 29.8. The minimum atomic E-state index is -3.72. The lowest BCUT2D eigenvalue weighted by molar-refractivity contribution is 0.00578. The summed E-state index contributed by atoms with van der Waals surface area (Å²) in [5, 5.41) is 2.54. The Labute approximate surface area is 224 Å². The van der Waals surface area contributed by atoms with Crippen molar-refractivity contribution in [1.29, 1.82) is 0 Å². The van der Waals surface area contributed by atoms with Crippen LogP contribution < -0.4 is 10.8 Å². The first-order chi connectivity index (χ1) is 17.4. The van der Waals surface area contributed by atoms with Crippen LogP contribution in [-0.4, -0.2) is 55.8 Å². The van der Waals surface area contributed by atoms with Gasteiger partial charge in [-0.25, -0.2) is 17.6 Å². The summed E-state index contributed by atoms with van der Waals surface area (Å²) in [7, 11) is -4.60. The van der Waals surface area contributed by atoms with Gasteiger partial charge in [-0.05, 0) is 90.2 Å². The minimum absolute atomic E-state index is 0.115. The predicted molar refractivity (Wildman–Crippen MR) is 144 cm³/mol. The number of ether oxygens (including phenoxy) is 1. The number of sulfone groups is 1. The van der Waals surface area contributed by atoms with Gasteiger partial charge in [0.2, 0.25) is 0 Å². The fraction of sp³-hybridized carbons (Fsp3) is 0.481. The zero-order valence-corrected chi connectivity index (χ0v) is 23.7. The maximum absolute atomic E-state index is 13.4. The summed E-state index contributed by atoms with van der Waals surface area (Å²) in [4.78, 5) is 25.2. The maximum atomic E-state index is 13.4. The second-order valence-corrected chi connectivity index (χ2v) is 13.6. The molecule has 0 radical (unpaired) electrons. The highest BCUT2D eigenvalue weighted by Gasteiger charge is 2.52. The van der Waals surface area contributed by atoms with Gasteiger partial charge in [-0.3, -0.25) is 4.79 Å². The lowest BCUT2D eigenvalue weighted by Crippen LogP contribution is -2.41. The number of nitrogens with one attached hydrogen (secondary N) is 1. The summed E-state index contributed by atoms with van der Waals surface area (Å²) in [6.07, 6.45) is -0.697. The van der Waals surface area contributed by atoms with E-state index in [4.69, 9.17) is 14.0 Å². The Balaban J connectivity index is 1.84. The molecule has 1 fully saturated rings. The number of hydrogen-bond donors (Lipinski definition) is 1. The highest BCUT2D eigenvalue weighted by atomic mass is 32.2. The number of benzene rings is 2. The van der Waals surface area contributed by atoms with Crippen molar-refractivity contribution < 1.29 is 36.4 Å². The Kier molecular flexibility index (Phi) is 8.46. The number of alkyl carbamates (subject to hydrolysis) is 1. The van der Waals surface area contributed by atoms with E-state index in [0.29, 0.717) is 22.2 Å². The Bertz CT molecular complexity index is 1290. The average molecular weight is 547 g/mol. The first-order valence-corrected chi connectivity index (χ1v) is 14.2. The highest BCUT2D eigenvalue weighted by molar-refractivity contribution is 7.91. The average Bonchev–Trinajstić information content (AvgIpc) is 3.02. The summed E-state index contributed by atoms with van der Waals surface area (Å²) in [6.45, 7) is 12.8. The Morgan fingerprint density at radius 1 is 1.00 bits per heavy atom. The number of aryl methyl sites for hydroxylation is 1. The fourth-order valence-corrected chi connectivity index (χ4v) is 4.67. The summed E-state index contributed by atoms with van der Waals surface area (Å²) in [5.74, 6) is -1.82. The van der Waals surface area contributed by atoms with Gasteiger partial charge >= 0.3 is 13.2 Å². The van der Waals surface area contributed by atoms with Crippen LogP contribution in [0, 0.1) is 5.82 Å². The molecule has 206 valence electrons. The molecule has 0 aliphatic carbocycles. The van der Waals surface area contributed by atoms with Gasteiger partial charge in [-0.2, -0.15) is 0 Å². The molecule has 0 spiro atoms. The van der Waals surface area contributed by atoms with E-state index in [2.05, 4.69) is 5.32 Å². The zero-order valence-electron chi connectivity index (χ0n) is 22.9. The molecular weight excluding hydrogens is 512 g/mol. The van der Waals surface area contributed by atoms with Crippen molar-refractivity contribution in [3.63, 3.8) is 0 Å². The molecule has 1 N–H and O–H groups in total. The van der Waals surface area contributed by atoms with Crippen LogP contribution >= 0.6 is 0 Å². The van der Waals surface area contributed by atoms with E-state index in [1.807, 2.05) is 27.7 Å². The highest BCUT2D eigenvalue weighted by Crippen LogP contribution is 2.37. The number of rotatable bonds is 8. The molecule has 38 heavy (non-hydrogen) atoms. The molecule has 3 rings (SSSR count). The van der Waals surface area contributed by atoms with E-state index in [0.717, 1.165) is 0 Å². The number of amides is 1. The Morgan fingerprint density at radius 3 is 2.13 bits per heavy atom. The van der Waals surface area contributed by atoms with Gasteiger partial charge in [0.1, 0.15) is 5.82 Å². The van der Waals surface area contributed by atoms with E-state index in [1.165, 1.54) is 24.3 Å². The number of carbonyl (C=O) groups is 2. The molecule has 0 atom stereocenters. The molecule has 1 heterocycles. The van der Waals surface area contributed by atoms with Crippen molar-refractivity contribution in [2.24, 2.45) is 0 Å². The molecular formula is C27H35BFNO7S. The molecule has 0 unspecified atom stereocenters. The molecule has 8 nitrogen and oxygen atoms in total. The molecule has 1 aliphatic rings. The lowest BCUT2D eigenvalue weighted by atomic mass is 9.73. The third-order valence-corrected chi connectivity index (χ3v) is 7.83. The van der Waals surface area contributed by atoms with Crippen LogP contribution in [0.2, 0.25) is 0 Å². The van der Waals surface area contributed by atoms with Crippen molar-refractivity contribution in [2.45, 2.75) is 71.6 Å². The van der Waals surface area contributed by atoms with Gasteiger partial charge in [-0.1, -0.05) is 18.2 Å². The van der Waals surface area contributed by atoms with Crippen molar-refractivity contribution in [1.82, 2.24) is 5.32 Å². The van der Waals surface area contributed by atoms with Crippen LogP contribution in [0.5, 0.6) is 0 Å². The second kappa shape index (κ2) is 10.8. The summed E-state index contributed by atoms with van der Waals surface area (Å²) in [5.41, 5.74) is -0.204. The molecule has 1 aliphatic heterocycles. The molecule has 1 amide bonds. The van der Waals surface area contributed by atoms with Crippen LogP contribution in [0.1, 0.15) is 70.0 Å². The minimum Gasteiger partial charge on any atom is -0.433 e. The van der Waals surface area contributed by atoms with Crippen molar-refractivity contribution in [2.75, 3.05) is 11.7 Å². The molecule has 0 aromatic heterocycles. The normalized spacial score (nSPS) is 16.8. The van der Waals surface area contributed by atoms with Crippen molar-refractivity contribution in [3.05, 3.63) is 65.0 Å². The lowest BCUT2D eigenvalue weighted by Gasteiger charge is -2.32. The topological polar surface area (TPSA) is 108 Å². The standard InChI is InChI=1S/C27H35BFNO7S/c1-25(2,3)30-24(32)35-17-38(33,34)15-14-18-8-13-21(23(31)19-9-11-20(29)12-10-19)22(16-18)28-36-26(4,5)27(6,7)37-28/h8-13,16H,14-15,17H2,1-7H3,(H,30,32). The summed E-state index contributed by atoms with van der Waals surface area (Å²) < 4.78 is 55.7. The third kappa shape index (κ3) is 7.42. The Morgan fingerprint density at radius 2 is 1.58 bits per heavy atom. The van der Waals surface area contributed by atoms with Crippen molar-refractivity contribution >= 4 is 34.3 Å². The molecule has 0 saturated carbocycles. The van der Waals surface area contributed by atoms with Crippen molar-refractivity contribution in [3.8, 4) is 0 Å². The van der Waals surface area contributed by atoms with E-state index >= 15 is 0 Å². The van der Waals surface area contributed by atoms with Crippen LogP contribution in [-0.2, 0) is 30.3 Å². The molecule has 2 aromatic rings. The number of hydrogen-bond acceptors (Lipinski definition) is 7. The quantitative estimate of drug-likeness (QED) is 0.396. The number of halogens is 1. The third-order valence-electron chi connectivity index (χ3n) is 6.52. The van der Waals surface area contributed by atoms with Gasteiger partial charge in [-0.15, -0.1) is 0 Å². The van der Waals surface area contributed by atoms with Gasteiger partial charge < -0.3 is 19.4 Å². The van der Waals surface area contributed by atoms with E-state index in [1.54, 1.807) is 39.0 Å². The zero-order chi connectivity index (χ0) is 28.5. The summed E-state index contributed by atoms with van der Waals surface area (Å²) >= 11 is 0. The van der Waals surface area contributed by atoms with Crippen LogP contribution in [0.3, 0.4) is 0 Å². The second-order valence-electron chi connectivity index (χ2n) is 11.5. The Hall–Kier alpha value is -2.76. The predicted octanol–water partition coefficient (Wildman–Crippen LogP) is 3.80. The monoisotopic (exact) mass is 547 g/mol. The van der Waals surface area contributed by atoms with Crippen LogP contribution in [0.25, 0.3) is 0 Å². The summed E-state index contributed by atoms with van der Waals surface area (Å²) in [6, 6.07) is 10.2. The first-order valence-electron chi connectivity index (χ1n) is 12.3. The van der Waals surface area contributed by atoms with Crippen LogP contribution in [0.15, 0.2) is 42.5 Å². The number of ketones is 1. The fourth-order valence-electron chi connectivity index (χ4n) is 3.71. The van der Waals surface area contributed by atoms with E-state index in [9.17, 15) is 22.4 Å². The smallest absolute Gasteiger partial charge is 0.433 e. The number of carbonyl (C=O) groups excluding carboxylic acids is 2. The molecule has 0 bridgehead atoms. The molecule has 1 saturated heterocycles. The SMILES string of the molecule is CC(C)(C)NC(=O)OCS(=O)(=O)CCc1ccc(C(=O)c2ccc(F)cc2)c(B2OC(C)(C)C(C)(C)O2)c1.